The Morgan fingerprint density at radius 3 is 2.64 bits per heavy atom. The second-order valence-electron chi connectivity index (χ2n) is 2.70. The third-order valence-corrected chi connectivity index (χ3v) is 1.89. The number of hydrogen-bond donors (Lipinski definition) is 4. The maximum atomic E-state index is 12.8. The van der Waals surface area contributed by atoms with Gasteiger partial charge in [0.1, 0.15) is 12.2 Å². The predicted molar refractivity (Wildman–Crippen MR) is 35.8 cm³/mol. The molecular formula is C6H12FNO3. The van der Waals surface area contributed by atoms with E-state index in [0.717, 1.165) is 0 Å². The van der Waals surface area contributed by atoms with E-state index < -0.39 is 24.4 Å². The number of piperidine rings is 1. The minimum absolute atomic E-state index is 0.0729. The van der Waals surface area contributed by atoms with E-state index in [1.54, 1.807) is 0 Å². The zero-order valence-electron chi connectivity index (χ0n) is 5.94. The Bertz CT molecular complexity index is 133. The molecule has 4 N–H and O–H groups in total. The van der Waals surface area contributed by atoms with Gasteiger partial charge in [-0.2, -0.15) is 0 Å². The van der Waals surface area contributed by atoms with Gasteiger partial charge < -0.3 is 20.6 Å². The molecule has 0 aliphatic carbocycles. The molecule has 0 aromatic rings. The van der Waals surface area contributed by atoms with Gasteiger partial charge in [0.15, 0.2) is 6.17 Å². The van der Waals surface area contributed by atoms with Crippen LogP contribution in [0.1, 0.15) is 0 Å². The van der Waals surface area contributed by atoms with E-state index in [1.807, 2.05) is 0 Å². The Morgan fingerprint density at radius 2 is 2.09 bits per heavy atom. The van der Waals surface area contributed by atoms with Crippen LogP contribution >= 0.6 is 0 Å². The summed E-state index contributed by atoms with van der Waals surface area (Å²) in [5, 5.41) is 29.1. The van der Waals surface area contributed by atoms with Crippen molar-refractivity contribution < 1.29 is 19.7 Å². The number of aliphatic hydroxyl groups excluding tert-OH is 3. The fraction of sp³-hybridized carbons (Fsp3) is 1.00. The molecule has 0 aromatic carbocycles. The molecule has 0 saturated carbocycles. The Kier molecular flexibility index (Phi) is 2.78. The van der Waals surface area contributed by atoms with Gasteiger partial charge >= 0.3 is 0 Å². The van der Waals surface area contributed by atoms with Crippen LogP contribution in [-0.4, -0.2) is 52.9 Å². The zero-order valence-corrected chi connectivity index (χ0v) is 5.94. The monoisotopic (exact) mass is 165 g/mol. The number of hydrogen-bond acceptors (Lipinski definition) is 4. The van der Waals surface area contributed by atoms with Crippen molar-refractivity contribution >= 4 is 0 Å². The van der Waals surface area contributed by atoms with Crippen LogP contribution in [0.25, 0.3) is 0 Å². The second-order valence-corrected chi connectivity index (χ2v) is 2.70. The average Bonchev–Trinajstić information content (AvgIpc) is 2.01. The largest absolute Gasteiger partial charge is 0.395 e. The van der Waals surface area contributed by atoms with Crippen molar-refractivity contribution in [2.24, 2.45) is 0 Å². The maximum Gasteiger partial charge on any atom is 0.154 e. The lowest BCUT2D eigenvalue weighted by Gasteiger charge is -2.33. The third kappa shape index (κ3) is 1.67. The molecule has 0 bridgehead atoms. The normalized spacial score (nSPS) is 45.8. The molecule has 4 nitrogen and oxygen atoms in total. The molecule has 0 spiro atoms. The van der Waals surface area contributed by atoms with E-state index in [4.69, 9.17) is 15.3 Å². The summed E-state index contributed by atoms with van der Waals surface area (Å²) in [6.45, 7) is -0.252. The molecule has 4 atom stereocenters. The highest BCUT2D eigenvalue weighted by molar-refractivity contribution is 4.91. The van der Waals surface area contributed by atoms with Crippen LogP contribution in [0.2, 0.25) is 0 Å². The summed E-state index contributed by atoms with van der Waals surface area (Å²) in [6.07, 6.45) is -4.15. The number of β-amino-alcohol motifs (C(OH)–C–C–N with tert-alkyl or cyclic N) is 1. The molecule has 1 aliphatic rings. The van der Waals surface area contributed by atoms with Crippen molar-refractivity contribution in [3.63, 3.8) is 0 Å². The third-order valence-electron chi connectivity index (χ3n) is 1.89. The van der Waals surface area contributed by atoms with Gasteiger partial charge in [-0.25, -0.2) is 4.39 Å². The van der Waals surface area contributed by atoms with Gasteiger partial charge in [-0.3, -0.25) is 0 Å². The fourth-order valence-electron chi connectivity index (χ4n) is 1.13. The van der Waals surface area contributed by atoms with Gasteiger partial charge in [0.2, 0.25) is 0 Å². The zero-order chi connectivity index (χ0) is 8.43. The highest BCUT2D eigenvalue weighted by atomic mass is 19.1. The van der Waals surface area contributed by atoms with Crippen molar-refractivity contribution in [1.29, 1.82) is 0 Å². The number of nitrogens with one attached hydrogen (secondary N) is 1. The molecular weight excluding hydrogens is 153 g/mol. The van der Waals surface area contributed by atoms with Crippen LogP contribution < -0.4 is 5.32 Å². The van der Waals surface area contributed by atoms with Crippen LogP contribution in [0.5, 0.6) is 0 Å². The molecule has 66 valence electrons. The van der Waals surface area contributed by atoms with Gasteiger partial charge in [-0.05, 0) is 0 Å². The lowest BCUT2D eigenvalue weighted by molar-refractivity contribution is -0.0628. The molecule has 1 rings (SSSR count). The van der Waals surface area contributed by atoms with Crippen molar-refractivity contribution in [2.45, 2.75) is 24.4 Å². The van der Waals surface area contributed by atoms with Gasteiger partial charge in [0.25, 0.3) is 0 Å². The Labute approximate surface area is 63.7 Å². The Morgan fingerprint density at radius 1 is 1.45 bits per heavy atom. The first kappa shape index (κ1) is 8.86. The molecule has 5 heteroatoms. The van der Waals surface area contributed by atoms with Gasteiger partial charge in [0, 0.05) is 6.54 Å². The molecule has 11 heavy (non-hydrogen) atoms. The highest BCUT2D eigenvalue weighted by Gasteiger charge is 2.37. The molecule has 0 amide bonds. The molecule has 0 radical (unpaired) electrons. The van der Waals surface area contributed by atoms with E-state index in [-0.39, 0.29) is 13.2 Å². The minimum Gasteiger partial charge on any atom is -0.395 e. The Balaban J connectivity index is 2.52. The van der Waals surface area contributed by atoms with Crippen molar-refractivity contribution in [1.82, 2.24) is 5.32 Å². The summed E-state index contributed by atoms with van der Waals surface area (Å²) >= 11 is 0. The van der Waals surface area contributed by atoms with Gasteiger partial charge in [-0.1, -0.05) is 0 Å². The van der Waals surface area contributed by atoms with Crippen LogP contribution in [0, 0.1) is 0 Å². The number of aliphatic hydroxyl groups is 3. The summed E-state index contributed by atoms with van der Waals surface area (Å²) in [7, 11) is 0. The summed E-state index contributed by atoms with van der Waals surface area (Å²) in [6, 6.07) is -0.659. The van der Waals surface area contributed by atoms with Crippen molar-refractivity contribution in [3.05, 3.63) is 0 Å². The molecule has 0 aromatic heterocycles. The Hall–Kier alpha value is -0.230. The minimum atomic E-state index is -1.66. The van der Waals surface area contributed by atoms with Crippen LogP contribution in [-0.2, 0) is 0 Å². The standard InChI is InChI=1S/C6H12FNO3/c7-5-4(10)1-8-3(2-9)6(5)11/h3-6,8-11H,1-2H2/t3-,4+,5-,6-/m1/s1. The molecule has 0 unspecified atom stereocenters. The summed E-state index contributed by atoms with van der Waals surface area (Å²) in [4.78, 5) is 0. The molecule has 1 fully saturated rings. The molecule has 1 saturated heterocycles. The summed E-state index contributed by atoms with van der Waals surface area (Å²) in [5.74, 6) is 0. The lowest BCUT2D eigenvalue weighted by atomic mass is 9.98. The van der Waals surface area contributed by atoms with E-state index >= 15 is 0 Å². The summed E-state index contributed by atoms with van der Waals surface area (Å²) < 4.78 is 12.8. The van der Waals surface area contributed by atoms with Crippen molar-refractivity contribution in [3.8, 4) is 0 Å². The smallest absolute Gasteiger partial charge is 0.154 e. The lowest BCUT2D eigenvalue weighted by Crippen LogP contribution is -2.59. The topological polar surface area (TPSA) is 72.7 Å². The van der Waals surface area contributed by atoms with E-state index in [1.165, 1.54) is 0 Å². The van der Waals surface area contributed by atoms with Crippen LogP contribution in [0.15, 0.2) is 0 Å². The van der Waals surface area contributed by atoms with Crippen molar-refractivity contribution in [2.75, 3.05) is 13.2 Å². The van der Waals surface area contributed by atoms with Gasteiger partial charge in [0.05, 0.1) is 12.6 Å². The predicted octanol–water partition coefficient (Wildman–Crippen LogP) is -1.99. The first-order valence-corrected chi connectivity index (χ1v) is 3.51. The highest BCUT2D eigenvalue weighted by Crippen LogP contribution is 2.13. The number of halogens is 1. The van der Waals surface area contributed by atoms with E-state index in [2.05, 4.69) is 5.32 Å². The molecule has 1 heterocycles. The molecule has 1 aliphatic heterocycles. The average molecular weight is 165 g/mol. The SMILES string of the molecule is OC[C@H]1NC[C@H](O)[C@@H](F)[C@@H]1O. The second kappa shape index (κ2) is 3.44. The number of rotatable bonds is 1. The van der Waals surface area contributed by atoms with Crippen LogP contribution in [0.3, 0.4) is 0 Å². The number of alkyl halides is 1. The van der Waals surface area contributed by atoms with E-state index in [9.17, 15) is 4.39 Å². The van der Waals surface area contributed by atoms with E-state index in [0.29, 0.717) is 0 Å². The fourth-order valence-corrected chi connectivity index (χ4v) is 1.13. The first-order valence-electron chi connectivity index (χ1n) is 3.51. The summed E-state index contributed by atoms with van der Waals surface area (Å²) in [5.41, 5.74) is 0. The van der Waals surface area contributed by atoms with Crippen LogP contribution in [0.4, 0.5) is 4.39 Å². The quantitative estimate of drug-likeness (QED) is 0.363. The van der Waals surface area contributed by atoms with Gasteiger partial charge in [-0.15, -0.1) is 0 Å². The maximum absolute atomic E-state index is 12.8. The first-order chi connectivity index (χ1) is 5.16.